The molecule has 1 saturated carbocycles. The molecule has 3 rings (SSSR count). The van der Waals surface area contributed by atoms with Crippen LogP contribution in [0.5, 0.6) is 5.75 Å². The fraction of sp³-hybridized carbons (Fsp3) is 0.400. The number of ether oxygens (including phenoxy) is 1. The molecule has 1 fully saturated rings. The minimum absolute atomic E-state index is 0.702. The zero-order chi connectivity index (χ0) is 13.2. The van der Waals surface area contributed by atoms with E-state index < -0.39 is 0 Å². The lowest BCUT2D eigenvalue weighted by molar-refractivity contribution is 0.414. The van der Waals surface area contributed by atoms with Crippen LogP contribution in [0.1, 0.15) is 18.4 Å². The number of hydrogen-bond acceptors (Lipinski definition) is 3. The monoisotopic (exact) mass is 257 g/mol. The predicted octanol–water partition coefficient (Wildman–Crippen LogP) is 2.35. The van der Waals surface area contributed by atoms with Gasteiger partial charge in [-0.05, 0) is 36.1 Å². The lowest BCUT2D eigenvalue weighted by Crippen LogP contribution is -2.15. The van der Waals surface area contributed by atoms with Gasteiger partial charge in [-0.1, -0.05) is 6.07 Å². The first-order chi connectivity index (χ1) is 9.26. The summed E-state index contributed by atoms with van der Waals surface area (Å²) < 4.78 is 7.16. The number of nitrogens with zero attached hydrogens (tertiary/aromatic N) is 2. The van der Waals surface area contributed by atoms with E-state index in [0.717, 1.165) is 17.9 Å². The molecule has 1 aliphatic carbocycles. The van der Waals surface area contributed by atoms with E-state index >= 15 is 0 Å². The highest BCUT2D eigenvalue weighted by atomic mass is 16.5. The van der Waals surface area contributed by atoms with Gasteiger partial charge in [0.05, 0.1) is 13.3 Å². The van der Waals surface area contributed by atoms with Gasteiger partial charge in [0.2, 0.25) is 0 Å². The van der Waals surface area contributed by atoms with Crippen molar-refractivity contribution in [1.82, 2.24) is 15.1 Å². The second-order valence-corrected chi connectivity index (χ2v) is 5.08. The highest BCUT2D eigenvalue weighted by Crippen LogP contribution is 2.28. The highest BCUT2D eigenvalue weighted by molar-refractivity contribution is 5.67. The molecule has 4 heteroatoms. The van der Waals surface area contributed by atoms with Crippen molar-refractivity contribution in [3.05, 3.63) is 36.2 Å². The molecule has 0 radical (unpaired) electrons. The van der Waals surface area contributed by atoms with Gasteiger partial charge >= 0.3 is 0 Å². The van der Waals surface area contributed by atoms with Crippen LogP contribution >= 0.6 is 0 Å². The summed E-state index contributed by atoms with van der Waals surface area (Å²) in [5.74, 6) is 0.903. The third-order valence-corrected chi connectivity index (χ3v) is 3.49. The zero-order valence-electron chi connectivity index (χ0n) is 11.4. The molecule has 19 heavy (non-hydrogen) atoms. The fourth-order valence-electron chi connectivity index (χ4n) is 2.23. The molecule has 0 atom stereocenters. The summed E-state index contributed by atoms with van der Waals surface area (Å²) in [6.07, 6.45) is 6.54. The molecule has 100 valence electrons. The van der Waals surface area contributed by atoms with E-state index in [9.17, 15) is 0 Å². The van der Waals surface area contributed by atoms with Gasteiger partial charge in [-0.2, -0.15) is 5.10 Å². The third-order valence-electron chi connectivity index (χ3n) is 3.49. The number of aryl methyl sites for hydroxylation is 1. The maximum atomic E-state index is 5.32. The molecule has 1 aromatic heterocycles. The van der Waals surface area contributed by atoms with Crippen molar-refractivity contribution in [2.24, 2.45) is 7.05 Å². The molecule has 0 aliphatic heterocycles. The molecule has 1 aliphatic rings. The lowest BCUT2D eigenvalue weighted by Gasteiger charge is -2.11. The van der Waals surface area contributed by atoms with Gasteiger partial charge in [-0.15, -0.1) is 0 Å². The van der Waals surface area contributed by atoms with Crippen LogP contribution in [0, 0.1) is 0 Å². The van der Waals surface area contributed by atoms with E-state index in [4.69, 9.17) is 4.74 Å². The number of methoxy groups -OCH3 is 1. The van der Waals surface area contributed by atoms with Crippen molar-refractivity contribution < 1.29 is 4.74 Å². The average Bonchev–Trinajstić information content (AvgIpc) is 3.17. The molecular weight excluding hydrogens is 238 g/mol. The summed E-state index contributed by atoms with van der Waals surface area (Å²) >= 11 is 0. The molecular formula is C15H19N3O. The zero-order valence-corrected chi connectivity index (χ0v) is 11.4. The second kappa shape index (κ2) is 5.05. The van der Waals surface area contributed by atoms with Gasteiger partial charge in [0.25, 0.3) is 0 Å². The number of aromatic nitrogens is 2. The number of benzene rings is 1. The summed E-state index contributed by atoms with van der Waals surface area (Å²) in [5, 5.41) is 7.81. The maximum Gasteiger partial charge on any atom is 0.119 e. The SMILES string of the molecule is COc1ccc(-c2cnn(C)c2)c(CNC2CC2)c1. The topological polar surface area (TPSA) is 39.1 Å². The lowest BCUT2D eigenvalue weighted by atomic mass is 10.0. The largest absolute Gasteiger partial charge is 0.497 e. The van der Waals surface area contributed by atoms with E-state index in [0.29, 0.717) is 6.04 Å². The molecule has 0 bridgehead atoms. The van der Waals surface area contributed by atoms with Crippen LogP contribution in [0.15, 0.2) is 30.6 Å². The van der Waals surface area contributed by atoms with Crippen molar-refractivity contribution in [2.75, 3.05) is 7.11 Å². The Morgan fingerprint density at radius 1 is 1.42 bits per heavy atom. The molecule has 1 aromatic carbocycles. The van der Waals surface area contributed by atoms with E-state index in [1.807, 2.05) is 30.2 Å². The van der Waals surface area contributed by atoms with Gasteiger partial charge in [0.1, 0.15) is 5.75 Å². The number of hydrogen-bond donors (Lipinski definition) is 1. The van der Waals surface area contributed by atoms with Crippen molar-refractivity contribution in [3.63, 3.8) is 0 Å². The van der Waals surface area contributed by atoms with Crippen LogP contribution < -0.4 is 10.1 Å². The number of nitrogens with one attached hydrogen (secondary N) is 1. The molecule has 1 N–H and O–H groups in total. The normalized spacial score (nSPS) is 14.6. The van der Waals surface area contributed by atoms with Crippen LogP contribution in [0.4, 0.5) is 0 Å². The summed E-state index contributed by atoms with van der Waals surface area (Å²) in [6.45, 7) is 0.881. The Kier molecular flexibility index (Phi) is 3.25. The predicted molar refractivity (Wildman–Crippen MR) is 75.1 cm³/mol. The smallest absolute Gasteiger partial charge is 0.119 e. The summed E-state index contributed by atoms with van der Waals surface area (Å²) in [7, 11) is 3.65. The van der Waals surface area contributed by atoms with Crippen LogP contribution in [0.3, 0.4) is 0 Å². The molecule has 0 unspecified atom stereocenters. The molecule has 0 saturated heterocycles. The van der Waals surface area contributed by atoms with Gasteiger partial charge < -0.3 is 10.1 Å². The minimum Gasteiger partial charge on any atom is -0.497 e. The Hall–Kier alpha value is -1.81. The van der Waals surface area contributed by atoms with Gasteiger partial charge in [0, 0.05) is 31.4 Å². The Balaban J connectivity index is 1.91. The Morgan fingerprint density at radius 2 is 2.26 bits per heavy atom. The van der Waals surface area contributed by atoms with Gasteiger partial charge in [0.15, 0.2) is 0 Å². The standard InChI is InChI=1S/C15H19N3O/c1-18-10-12(9-17-18)15-6-5-14(19-2)7-11(15)8-16-13-3-4-13/h5-7,9-10,13,16H,3-4,8H2,1-2H3. The average molecular weight is 257 g/mol. The quantitative estimate of drug-likeness (QED) is 0.893. The van der Waals surface area contributed by atoms with Crippen molar-refractivity contribution in [1.29, 1.82) is 0 Å². The van der Waals surface area contributed by atoms with E-state index in [2.05, 4.69) is 22.5 Å². The van der Waals surface area contributed by atoms with Crippen LogP contribution in [-0.2, 0) is 13.6 Å². The van der Waals surface area contributed by atoms with Crippen LogP contribution in [0.25, 0.3) is 11.1 Å². The molecule has 1 heterocycles. The first-order valence-electron chi connectivity index (χ1n) is 6.65. The summed E-state index contributed by atoms with van der Waals surface area (Å²) in [4.78, 5) is 0. The molecule has 0 amide bonds. The Bertz CT molecular complexity index is 573. The molecule has 4 nitrogen and oxygen atoms in total. The maximum absolute atomic E-state index is 5.32. The third kappa shape index (κ3) is 2.79. The van der Waals surface area contributed by atoms with E-state index in [1.165, 1.54) is 24.0 Å². The summed E-state index contributed by atoms with van der Waals surface area (Å²) in [5.41, 5.74) is 3.64. The summed E-state index contributed by atoms with van der Waals surface area (Å²) in [6, 6.07) is 6.92. The first kappa shape index (κ1) is 12.2. The van der Waals surface area contributed by atoms with Crippen molar-refractivity contribution >= 4 is 0 Å². The van der Waals surface area contributed by atoms with Crippen molar-refractivity contribution in [3.8, 4) is 16.9 Å². The van der Waals surface area contributed by atoms with Crippen molar-refractivity contribution in [2.45, 2.75) is 25.4 Å². The van der Waals surface area contributed by atoms with Crippen LogP contribution in [-0.4, -0.2) is 22.9 Å². The Labute approximate surface area is 113 Å². The molecule has 2 aromatic rings. The molecule has 0 spiro atoms. The Morgan fingerprint density at radius 3 is 2.89 bits per heavy atom. The highest BCUT2D eigenvalue weighted by Gasteiger charge is 2.20. The fourth-order valence-corrected chi connectivity index (χ4v) is 2.23. The number of rotatable bonds is 5. The second-order valence-electron chi connectivity index (χ2n) is 5.08. The van der Waals surface area contributed by atoms with E-state index in [-0.39, 0.29) is 0 Å². The van der Waals surface area contributed by atoms with Crippen LogP contribution in [0.2, 0.25) is 0 Å². The van der Waals surface area contributed by atoms with Gasteiger partial charge in [-0.25, -0.2) is 0 Å². The van der Waals surface area contributed by atoms with Gasteiger partial charge in [-0.3, -0.25) is 4.68 Å². The van der Waals surface area contributed by atoms with E-state index in [1.54, 1.807) is 7.11 Å². The minimum atomic E-state index is 0.702. The first-order valence-corrected chi connectivity index (χ1v) is 6.65.